The van der Waals surface area contributed by atoms with Gasteiger partial charge in [0.1, 0.15) is 0 Å². The molecule has 0 unspecified atom stereocenters. The van der Waals surface area contributed by atoms with Gasteiger partial charge in [-0.05, 0) is 36.8 Å². The van der Waals surface area contributed by atoms with Gasteiger partial charge in [-0.3, -0.25) is 25.0 Å². The van der Waals surface area contributed by atoms with Crippen LogP contribution in [-0.4, -0.2) is 22.6 Å². The summed E-state index contributed by atoms with van der Waals surface area (Å²) in [6, 6.07) is 14.2. The summed E-state index contributed by atoms with van der Waals surface area (Å²) in [7, 11) is 1.60. The molecule has 0 bridgehead atoms. The van der Waals surface area contributed by atoms with Crippen LogP contribution in [0.5, 0.6) is 0 Å². The van der Waals surface area contributed by atoms with E-state index in [-0.39, 0.29) is 17.4 Å². The molecule has 1 heterocycles. The SMILES string of the molecule is CCn1c(NNC(=O)c2cccc(COC)c2)nc2ccccc2c1=O. The van der Waals surface area contributed by atoms with Crippen LogP contribution in [0.25, 0.3) is 10.9 Å². The molecule has 0 aliphatic carbocycles. The van der Waals surface area contributed by atoms with Gasteiger partial charge >= 0.3 is 0 Å². The van der Waals surface area contributed by atoms with Crippen LogP contribution in [0.2, 0.25) is 0 Å². The number of hydrogen-bond acceptors (Lipinski definition) is 5. The van der Waals surface area contributed by atoms with E-state index in [1.54, 1.807) is 43.5 Å². The maximum absolute atomic E-state index is 12.6. The largest absolute Gasteiger partial charge is 0.380 e. The number of rotatable bonds is 6. The molecule has 2 aromatic carbocycles. The molecular weight excluding hydrogens is 332 g/mol. The molecule has 0 saturated carbocycles. The van der Waals surface area contributed by atoms with Gasteiger partial charge in [-0.25, -0.2) is 4.98 Å². The van der Waals surface area contributed by atoms with Crippen LogP contribution in [0.15, 0.2) is 53.3 Å². The molecule has 1 aromatic heterocycles. The fraction of sp³-hybridized carbons (Fsp3) is 0.211. The highest BCUT2D eigenvalue weighted by atomic mass is 16.5. The summed E-state index contributed by atoms with van der Waals surface area (Å²) in [6.45, 7) is 2.70. The molecule has 3 aromatic rings. The summed E-state index contributed by atoms with van der Waals surface area (Å²) in [4.78, 5) is 29.4. The van der Waals surface area contributed by atoms with Crippen molar-refractivity contribution in [2.24, 2.45) is 0 Å². The topological polar surface area (TPSA) is 85.2 Å². The number of para-hydroxylation sites is 1. The zero-order valence-corrected chi connectivity index (χ0v) is 14.7. The first kappa shape index (κ1) is 17.6. The molecule has 2 N–H and O–H groups in total. The predicted molar refractivity (Wildman–Crippen MR) is 99.9 cm³/mol. The summed E-state index contributed by atoms with van der Waals surface area (Å²) in [5.74, 6) is -0.0365. The molecule has 1 amide bonds. The summed E-state index contributed by atoms with van der Waals surface area (Å²) in [5, 5.41) is 0.540. The minimum Gasteiger partial charge on any atom is -0.380 e. The minimum atomic E-state index is -0.326. The molecule has 0 aliphatic heterocycles. The predicted octanol–water partition coefficient (Wildman–Crippen LogP) is 2.32. The Bertz CT molecular complexity index is 997. The van der Waals surface area contributed by atoms with Crippen LogP contribution in [0.3, 0.4) is 0 Å². The smallest absolute Gasteiger partial charge is 0.269 e. The highest BCUT2D eigenvalue weighted by molar-refractivity contribution is 5.95. The Labute approximate surface area is 150 Å². The number of methoxy groups -OCH3 is 1. The molecule has 0 aliphatic rings. The Kier molecular flexibility index (Phi) is 5.28. The lowest BCUT2D eigenvalue weighted by Gasteiger charge is -2.14. The Morgan fingerprint density at radius 1 is 1.19 bits per heavy atom. The average molecular weight is 352 g/mol. The Balaban J connectivity index is 1.84. The number of anilines is 1. The van der Waals surface area contributed by atoms with Crippen LogP contribution in [0.4, 0.5) is 5.95 Å². The number of aromatic nitrogens is 2. The fourth-order valence-corrected chi connectivity index (χ4v) is 2.71. The average Bonchev–Trinajstić information content (AvgIpc) is 2.67. The number of nitrogens with zero attached hydrogens (tertiary/aromatic N) is 2. The maximum atomic E-state index is 12.6. The van der Waals surface area contributed by atoms with Gasteiger partial charge in [-0.15, -0.1) is 0 Å². The van der Waals surface area contributed by atoms with Crippen molar-refractivity contribution in [2.75, 3.05) is 12.5 Å². The van der Waals surface area contributed by atoms with E-state index >= 15 is 0 Å². The second-order valence-electron chi connectivity index (χ2n) is 5.71. The van der Waals surface area contributed by atoms with E-state index in [1.807, 2.05) is 19.1 Å². The molecule has 0 fully saturated rings. The lowest BCUT2D eigenvalue weighted by molar-refractivity contribution is 0.0961. The maximum Gasteiger partial charge on any atom is 0.269 e. The van der Waals surface area contributed by atoms with E-state index in [9.17, 15) is 9.59 Å². The third-order valence-corrected chi connectivity index (χ3v) is 3.97. The highest BCUT2D eigenvalue weighted by Gasteiger charge is 2.11. The Hall–Kier alpha value is -3.19. The summed E-state index contributed by atoms with van der Waals surface area (Å²) in [6.07, 6.45) is 0. The molecule has 26 heavy (non-hydrogen) atoms. The summed E-state index contributed by atoms with van der Waals surface area (Å²) in [5.41, 5.74) is 7.16. The summed E-state index contributed by atoms with van der Waals surface area (Å²) < 4.78 is 6.56. The van der Waals surface area contributed by atoms with Gasteiger partial charge in [0, 0.05) is 19.2 Å². The number of ether oxygens (including phenoxy) is 1. The van der Waals surface area contributed by atoms with Crippen molar-refractivity contribution in [1.82, 2.24) is 15.0 Å². The Morgan fingerprint density at radius 2 is 2.00 bits per heavy atom. The Morgan fingerprint density at radius 3 is 2.77 bits per heavy atom. The van der Waals surface area contributed by atoms with Gasteiger partial charge in [0.15, 0.2) is 0 Å². The van der Waals surface area contributed by atoms with E-state index in [2.05, 4.69) is 15.8 Å². The van der Waals surface area contributed by atoms with Crippen molar-refractivity contribution in [2.45, 2.75) is 20.1 Å². The number of fused-ring (bicyclic) bond motifs is 1. The number of carbonyl (C=O) groups excluding carboxylic acids is 1. The van der Waals surface area contributed by atoms with Gasteiger partial charge in [0.25, 0.3) is 11.5 Å². The molecular formula is C19H20N4O3. The van der Waals surface area contributed by atoms with Crippen molar-refractivity contribution >= 4 is 22.8 Å². The second-order valence-corrected chi connectivity index (χ2v) is 5.71. The fourth-order valence-electron chi connectivity index (χ4n) is 2.71. The number of carbonyl (C=O) groups is 1. The van der Waals surface area contributed by atoms with Crippen LogP contribution < -0.4 is 16.4 Å². The van der Waals surface area contributed by atoms with Gasteiger partial charge < -0.3 is 4.74 Å². The summed E-state index contributed by atoms with van der Waals surface area (Å²) >= 11 is 0. The molecule has 134 valence electrons. The first-order valence-electron chi connectivity index (χ1n) is 8.28. The first-order valence-corrected chi connectivity index (χ1v) is 8.28. The number of amides is 1. The van der Waals surface area contributed by atoms with Crippen molar-refractivity contribution in [3.05, 3.63) is 70.0 Å². The highest BCUT2D eigenvalue weighted by Crippen LogP contribution is 2.11. The van der Waals surface area contributed by atoms with Crippen molar-refractivity contribution in [1.29, 1.82) is 0 Å². The number of hydrazine groups is 1. The van der Waals surface area contributed by atoms with Crippen molar-refractivity contribution in [3.63, 3.8) is 0 Å². The lowest BCUT2D eigenvalue weighted by atomic mass is 10.1. The van der Waals surface area contributed by atoms with Crippen LogP contribution >= 0.6 is 0 Å². The van der Waals surface area contributed by atoms with Crippen molar-refractivity contribution < 1.29 is 9.53 Å². The van der Waals surface area contributed by atoms with Crippen LogP contribution in [-0.2, 0) is 17.9 Å². The zero-order valence-electron chi connectivity index (χ0n) is 14.7. The second kappa shape index (κ2) is 7.79. The van der Waals surface area contributed by atoms with E-state index in [0.717, 1.165) is 5.56 Å². The molecule has 7 nitrogen and oxygen atoms in total. The molecule has 0 spiro atoms. The van der Waals surface area contributed by atoms with Crippen LogP contribution in [0.1, 0.15) is 22.8 Å². The van der Waals surface area contributed by atoms with Gasteiger partial charge in [-0.2, -0.15) is 0 Å². The number of nitrogens with one attached hydrogen (secondary N) is 2. The van der Waals surface area contributed by atoms with Gasteiger partial charge in [0.05, 0.1) is 17.5 Å². The number of benzene rings is 2. The quantitative estimate of drug-likeness (QED) is 0.665. The van der Waals surface area contributed by atoms with Gasteiger partial charge in [0.2, 0.25) is 5.95 Å². The molecule has 0 saturated heterocycles. The minimum absolute atomic E-state index is 0.156. The van der Waals surface area contributed by atoms with Crippen molar-refractivity contribution in [3.8, 4) is 0 Å². The van der Waals surface area contributed by atoms with E-state index < -0.39 is 0 Å². The molecule has 0 atom stereocenters. The lowest BCUT2D eigenvalue weighted by Crippen LogP contribution is -2.34. The third kappa shape index (κ3) is 3.57. The van der Waals surface area contributed by atoms with E-state index in [1.165, 1.54) is 4.57 Å². The molecule has 0 radical (unpaired) electrons. The normalized spacial score (nSPS) is 10.7. The van der Waals surface area contributed by atoms with Crippen LogP contribution in [0, 0.1) is 0 Å². The zero-order chi connectivity index (χ0) is 18.5. The third-order valence-electron chi connectivity index (χ3n) is 3.97. The van der Waals surface area contributed by atoms with Gasteiger partial charge in [-0.1, -0.05) is 24.3 Å². The van der Waals surface area contributed by atoms with E-state index in [4.69, 9.17) is 4.74 Å². The van der Waals surface area contributed by atoms with E-state index in [0.29, 0.717) is 29.6 Å². The first-order chi connectivity index (χ1) is 12.6. The number of hydrogen-bond donors (Lipinski definition) is 2. The monoisotopic (exact) mass is 352 g/mol. The standard InChI is InChI=1S/C19H20N4O3/c1-3-23-18(25)15-9-4-5-10-16(15)20-19(23)22-21-17(24)14-8-6-7-13(11-14)12-26-2/h4-11H,3,12H2,1-2H3,(H,20,22)(H,21,24). The molecule has 7 heteroatoms. The molecule has 3 rings (SSSR count).